The van der Waals surface area contributed by atoms with Gasteiger partial charge in [-0.1, -0.05) is 48.5 Å². The van der Waals surface area contributed by atoms with Gasteiger partial charge in [0.25, 0.3) is 11.4 Å². The third-order valence-electron chi connectivity index (χ3n) is 3.71. The smallest absolute Gasteiger partial charge is 0.258 e. The molecular weight excluding hydrogens is 308 g/mol. The van der Waals surface area contributed by atoms with E-state index in [1.54, 1.807) is 60.7 Å². The fraction of sp³-hybridized carbons (Fsp3) is 0. The van der Waals surface area contributed by atoms with Gasteiger partial charge in [-0.05, 0) is 23.3 Å². The van der Waals surface area contributed by atoms with E-state index in [0.717, 1.165) is 0 Å². The van der Waals surface area contributed by atoms with E-state index in [-0.39, 0.29) is 11.4 Å². The normalized spacial score (nSPS) is 10.3. The minimum atomic E-state index is -0.453. The van der Waals surface area contributed by atoms with Crippen LogP contribution in [0.15, 0.2) is 72.8 Å². The lowest BCUT2D eigenvalue weighted by atomic mass is 9.93. The van der Waals surface area contributed by atoms with Crippen molar-refractivity contribution < 1.29 is 9.85 Å². The van der Waals surface area contributed by atoms with E-state index in [9.17, 15) is 20.2 Å². The van der Waals surface area contributed by atoms with Crippen molar-refractivity contribution in [3.8, 4) is 22.3 Å². The van der Waals surface area contributed by atoms with Crippen LogP contribution in [0.1, 0.15) is 0 Å². The molecule has 0 radical (unpaired) electrons. The van der Waals surface area contributed by atoms with Gasteiger partial charge in [-0.3, -0.25) is 20.2 Å². The van der Waals surface area contributed by atoms with Gasteiger partial charge in [-0.2, -0.15) is 0 Å². The van der Waals surface area contributed by atoms with Crippen LogP contribution in [0.2, 0.25) is 0 Å². The SMILES string of the molecule is O=[N+]([O-])c1ccccc1-c1ccccc1-c1ccccc1[N+](=O)[O-]. The van der Waals surface area contributed by atoms with Gasteiger partial charge < -0.3 is 0 Å². The molecule has 0 unspecified atom stereocenters. The third-order valence-corrected chi connectivity index (χ3v) is 3.71. The van der Waals surface area contributed by atoms with E-state index >= 15 is 0 Å². The van der Waals surface area contributed by atoms with E-state index < -0.39 is 9.85 Å². The molecule has 0 bridgehead atoms. The lowest BCUT2D eigenvalue weighted by molar-refractivity contribution is -0.384. The first-order chi connectivity index (χ1) is 11.6. The van der Waals surface area contributed by atoms with Crippen molar-refractivity contribution in [2.24, 2.45) is 0 Å². The van der Waals surface area contributed by atoms with Crippen LogP contribution < -0.4 is 0 Å². The molecule has 118 valence electrons. The summed E-state index contributed by atoms with van der Waals surface area (Å²) in [6, 6.07) is 19.7. The minimum absolute atomic E-state index is 0.0384. The first-order valence-corrected chi connectivity index (χ1v) is 7.16. The molecule has 24 heavy (non-hydrogen) atoms. The average Bonchev–Trinajstić information content (AvgIpc) is 2.61. The zero-order valence-electron chi connectivity index (χ0n) is 12.5. The van der Waals surface area contributed by atoms with Gasteiger partial charge in [0.1, 0.15) is 0 Å². The minimum Gasteiger partial charge on any atom is -0.258 e. The Bertz CT molecular complexity index is 861. The van der Waals surface area contributed by atoms with E-state index in [2.05, 4.69) is 0 Å². The zero-order chi connectivity index (χ0) is 17.1. The molecule has 6 nitrogen and oxygen atoms in total. The van der Waals surface area contributed by atoms with Crippen molar-refractivity contribution in [2.45, 2.75) is 0 Å². The van der Waals surface area contributed by atoms with E-state index in [0.29, 0.717) is 22.3 Å². The summed E-state index contributed by atoms with van der Waals surface area (Å²) in [5, 5.41) is 22.6. The van der Waals surface area contributed by atoms with Crippen molar-refractivity contribution >= 4 is 11.4 Å². The fourth-order valence-corrected chi connectivity index (χ4v) is 2.67. The maximum Gasteiger partial charge on any atom is 0.277 e. The molecule has 0 N–H and O–H groups in total. The van der Waals surface area contributed by atoms with Gasteiger partial charge in [0.05, 0.1) is 21.0 Å². The molecule has 3 aromatic rings. The van der Waals surface area contributed by atoms with Gasteiger partial charge in [0.15, 0.2) is 0 Å². The van der Waals surface area contributed by atoms with Crippen LogP contribution in [0.4, 0.5) is 11.4 Å². The summed E-state index contributed by atoms with van der Waals surface area (Å²) in [4.78, 5) is 21.7. The van der Waals surface area contributed by atoms with Gasteiger partial charge in [-0.25, -0.2) is 0 Å². The van der Waals surface area contributed by atoms with Crippen molar-refractivity contribution in [2.75, 3.05) is 0 Å². The molecular formula is C18H12N2O4. The van der Waals surface area contributed by atoms with E-state index in [1.165, 1.54) is 12.1 Å². The Balaban J connectivity index is 2.29. The molecule has 0 aromatic heterocycles. The Morgan fingerprint density at radius 1 is 0.500 bits per heavy atom. The van der Waals surface area contributed by atoms with Crippen LogP contribution in [-0.4, -0.2) is 9.85 Å². The Labute approximate surface area is 137 Å². The van der Waals surface area contributed by atoms with Crippen LogP contribution >= 0.6 is 0 Å². The summed E-state index contributed by atoms with van der Waals surface area (Å²) in [5.41, 5.74) is 1.94. The molecule has 0 amide bonds. The molecule has 0 saturated carbocycles. The quantitative estimate of drug-likeness (QED) is 0.508. The number of para-hydroxylation sites is 2. The molecule has 0 heterocycles. The Hall–Kier alpha value is -3.54. The van der Waals surface area contributed by atoms with E-state index in [1.807, 2.05) is 0 Å². The first kappa shape index (κ1) is 15.4. The maximum absolute atomic E-state index is 11.3. The third kappa shape index (κ3) is 2.72. The number of hydrogen-bond acceptors (Lipinski definition) is 4. The molecule has 0 aliphatic heterocycles. The molecule has 3 rings (SSSR count). The summed E-state index contributed by atoms with van der Waals surface area (Å²) >= 11 is 0. The summed E-state index contributed by atoms with van der Waals surface area (Å²) in [6.45, 7) is 0. The Morgan fingerprint density at radius 3 is 1.12 bits per heavy atom. The molecule has 3 aromatic carbocycles. The summed E-state index contributed by atoms with van der Waals surface area (Å²) in [7, 11) is 0. The standard InChI is InChI=1S/C18H12N2O4/c21-19(22)17-11-5-3-9-15(17)13-7-1-2-8-14(13)16-10-4-6-12-18(16)20(23)24/h1-12H. The van der Waals surface area contributed by atoms with Crippen molar-refractivity contribution in [1.82, 2.24) is 0 Å². The lowest BCUT2D eigenvalue weighted by Crippen LogP contribution is -1.95. The van der Waals surface area contributed by atoms with Gasteiger partial charge in [0.2, 0.25) is 0 Å². The highest BCUT2D eigenvalue weighted by atomic mass is 16.6. The lowest BCUT2D eigenvalue weighted by Gasteiger charge is -2.10. The second kappa shape index (κ2) is 6.29. The van der Waals surface area contributed by atoms with Crippen LogP contribution in [0, 0.1) is 20.2 Å². The van der Waals surface area contributed by atoms with Gasteiger partial charge >= 0.3 is 0 Å². The van der Waals surface area contributed by atoms with E-state index in [4.69, 9.17) is 0 Å². The topological polar surface area (TPSA) is 86.3 Å². The zero-order valence-corrected chi connectivity index (χ0v) is 12.5. The summed E-state index contributed by atoms with van der Waals surface area (Å²) < 4.78 is 0. The highest BCUT2D eigenvalue weighted by Crippen LogP contribution is 2.39. The molecule has 0 fully saturated rings. The van der Waals surface area contributed by atoms with Crippen LogP contribution in [0.3, 0.4) is 0 Å². The first-order valence-electron chi connectivity index (χ1n) is 7.16. The predicted molar refractivity (Wildman–Crippen MR) is 90.6 cm³/mol. The van der Waals surface area contributed by atoms with Crippen LogP contribution in [0.25, 0.3) is 22.3 Å². The molecule has 0 atom stereocenters. The Kier molecular flexibility index (Phi) is 4.03. The number of hydrogen-bond donors (Lipinski definition) is 0. The van der Waals surface area contributed by atoms with Crippen LogP contribution in [0.5, 0.6) is 0 Å². The molecule has 0 spiro atoms. The van der Waals surface area contributed by atoms with Crippen molar-refractivity contribution in [3.63, 3.8) is 0 Å². The number of rotatable bonds is 4. The number of benzene rings is 3. The molecule has 6 heteroatoms. The van der Waals surface area contributed by atoms with Crippen molar-refractivity contribution in [3.05, 3.63) is 93.0 Å². The van der Waals surface area contributed by atoms with Gasteiger partial charge in [-0.15, -0.1) is 0 Å². The highest BCUT2D eigenvalue weighted by Gasteiger charge is 2.21. The highest BCUT2D eigenvalue weighted by molar-refractivity contribution is 5.90. The fourth-order valence-electron chi connectivity index (χ4n) is 2.67. The van der Waals surface area contributed by atoms with Gasteiger partial charge in [0, 0.05) is 12.1 Å². The molecule has 0 aliphatic carbocycles. The summed E-state index contributed by atoms with van der Waals surface area (Å²) in [5.74, 6) is 0. The number of nitro benzene ring substituents is 2. The Morgan fingerprint density at radius 2 is 0.792 bits per heavy atom. The largest absolute Gasteiger partial charge is 0.277 e. The predicted octanol–water partition coefficient (Wildman–Crippen LogP) is 4.84. The number of nitro groups is 2. The average molecular weight is 320 g/mol. The second-order valence-electron chi connectivity index (χ2n) is 5.09. The summed E-state index contributed by atoms with van der Waals surface area (Å²) in [6.07, 6.45) is 0. The maximum atomic E-state index is 11.3. The second-order valence-corrected chi connectivity index (χ2v) is 5.09. The number of nitrogens with zero attached hydrogens (tertiary/aromatic N) is 2. The molecule has 0 aliphatic rings. The molecule has 0 saturated heterocycles. The van der Waals surface area contributed by atoms with Crippen molar-refractivity contribution in [1.29, 1.82) is 0 Å². The van der Waals surface area contributed by atoms with Crippen LogP contribution in [-0.2, 0) is 0 Å². The monoisotopic (exact) mass is 320 g/mol.